The number of amides is 3. The summed E-state index contributed by atoms with van der Waals surface area (Å²) in [5.74, 6) is -0.174. The van der Waals surface area contributed by atoms with Crippen LogP contribution in [0.5, 0.6) is 5.75 Å². The smallest absolute Gasteiger partial charge is 0.293 e. The fourth-order valence-electron chi connectivity index (χ4n) is 3.57. The van der Waals surface area contributed by atoms with Gasteiger partial charge in [-0.2, -0.15) is 0 Å². The molecule has 0 spiro atoms. The zero-order valence-corrected chi connectivity index (χ0v) is 20.8. The lowest BCUT2D eigenvalue weighted by atomic mass is 10.1. The van der Waals surface area contributed by atoms with E-state index < -0.39 is 0 Å². The van der Waals surface area contributed by atoms with Gasteiger partial charge < -0.3 is 10.1 Å². The van der Waals surface area contributed by atoms with Crippen molar-refractivity contribution in [3.63, 3.8) is 0 Å². The van der Waals surface area contributed by atoms with Crippen LogP contribution in [0.15, 0.2) is 71.6 Å². The minimum Gasteiger partial charge on any atom is -0.484 e. The van der Waals surface area contributed by atoms with Gasteiger partial charge in [0.25, 0.3) is 17.1 Å². The molecule has 35 heavy (non-hydrogen) atoms. The molecule has 1 heterocycles. The van der Waals surface area contributed by atoms with Crippen LogP contribution in [0.2, 0.25) is 5.02 Å². The summed E-state index contributed by atoms with van der Waals surface area (Å²) in [4.78, 5) is 39.1. The Hall–Kier alpha value is -3.55. The van der Waals surface area contributed by atoms with Crippen molar-refractivity contribution >= 4 is 52.2 Å². The quantitative estimate of drug-likeness (QED) is 0.385. The third-order valence-corrected chi connectivity index (χ3v) is 6.62. The Labute approximate surface area is 212 Å². The number of halogens is 1. The van der Waals surface area contributed by atoms with Crippen LogP contribution >= 0.6 is 23.4 Å². The van der Waals surface area contributed by atoms with Crippen molar-refractivity contribution in [3.8, 4) is 5.75 Å². The number of carbonyl (C=O) groups is 3. The highest BCUT2D eigenvalue weighted by Crippen LogP contribution is 2.34. The first-order valence-corrected chi connectivity index (χ1v) is 12.1. The molecule has 1 N–H and O–H groups in total. The summed E-state index contributed by atoms with van der Waals surface area (Å²) in [5, 5.41) is 3.00. The van der Waals surface area contributed by atoms with Crippen molar-refractivity contribution < 1.29 is 19.1 Å². The molecule has 3 amide bonds. The van der Waals surface area contributed by atoms with Crippen LogP contribution in [0.1, 0.15) is 22.3 Å². The third kappa shape index (κ3) is 6.12. The molecule has 0 atom stereocenters. The van der Waals surface area contributed by atoms with E-state index >= 15 is 0 Å². The number of ether oxygens (including phenoxy) is 1. The summed E-state index contributed by atoms with van der Waals surface area (Å²) < 4.78 is 5.64. The molecule has 3 aromatic carbocycles. The van der Waals surface area contributed by atoms with E-state index in [0.717, 1.165) is 28.6 Å². The Morgan fingerprint density at radius 2 is 1.86 bits per heavy atom. The zero-order valence-electron chi connectivity index (χ0n) is 19.2. The van der Waals surface area contributed by atoms with Crippen molar-refractivity contribution in [1.29, 1.82) is 0 Å². The van der Waals surface area contributed by atoms with Gasteiger partial charge in [0, 0.05) is 10.7 Å². The lowest BCUT2D eigenvalue weighted by molar-refractivity contribution is -0.123. The van der Waals surface area contributed by atoms with Crippen LogP contribution in [-0.2, 0) is 16.1 Å². The van der Waals surface area contributed by atoms with Gasteiger partial charge in [-0.25, -0.2) is 0 Å². The second kappa shape index (κ2) is 10.8. The minimum atomic E-state index is -0.376. The van der Waals surface area contributed by atoms with Gasteiger partial charge in [0.05, 0.1) is 11.4 Å². The second-order valence-corrected chi connectivity index (χ2v) is 9.49. The maximum absolute atomic E-state index is 12.8. The molecule has 1 aliphatic heterocycles. The molecule has 0 saturated carbocycles. The van der Waals surface area contributed by atoms with E-state index in [4.69, 9.17) is 16.3 Å². The number of imide groups is 1. The highest BCUT2D eigenvalue weighted by molar-refractivity contribution is 8.18. The Bertz CT molecular complexity index is 1340. The second-order valence-electron chi connectivity index (χ2n) is 8.09. The van der Waals surface area contributed by atoms with Crippen molar-refractivity contribution in [2.75, 3.05) is 11.9 Å². The molecule has 0 bridgehead atoms. The summed E-state index contributed by atoms with van der Waals surface area (Å²) >= 11 is 7.06. The fourth-order valence-corrected chi connectivity index (χ4v) is 4.60. The molecule has 6 nitrogen and oxygen atoms in total. The summed E-state index contributed by atoms with van der Waals surface area (Å²) in [5.41, 5.74) is 4.22. The van der Waals surface area contributed by atoms with Crippen LogP contribution in [0.25, 0.3) is 6.08 Å². The largest absolute Gasteiger partial charge is 0.484 e. The van der Waals surface area contributed by atoms with Crippen molar-refractivity contribution in [1.82, 2.24) is 4.90 Å². The first kappa shape index (κ1) is 24.6. The predicted octanol–water partition coefficient (Wildman–Crippen LogP) is 6.21. The van der Waals surface area contributed by atoms with E-state index in [2.05, 4.69) is 5.32 Å². The first-order chi connectivity index (χ1) is 16.8. The molecule has 0 aromatic heterocycles. The van der Waals surface area contributed by atoms with Gasteiger partial charge in [0.15, 0.2) is 6.61 Å². The SMILES string of the molecule is Cc1ccc(NC(=O)COc2cccc(/C=C3\SC(=O)N(Cc4ccccc4Cl)C3=O)c2)c(C)c1. The number of benzene rings is 3. The lowest BCUT2D eigenvalue weighted by Crippen LogP contribution is -2.27. The van der Waals surface area contributed by atoms with Crippen LogP contribution < -0.4 is 10.1 Å². The fraction of sp³-hybridized carbons (Fsp3) is 0.148. The minimum absolute atomic E-state index is 0.112. The predicted molar refractivity (Wildman–Crippen MR) is 139 cm³/mol. The highest BCUT2D eigenvalue weighted by Gasteiger charge is 2.35. The van der Waals surface area contributed by atoms with Gasteiger partial charge in [0.1, 0.15) is 5.75 Å². The first-order valence-electron chi connectivity index (χ1n) is 10.9. The van der Waals surface area contributed by atoms with E-state index in [-0.39, 0.29) is 30.2 Å². The lowest BCUT2D eigenvalue weighted by Gasteiger charge is -2.13. The van der Waals surface area contributed by atoms with Crippen molar-refractivity contribution in [3.05, 3.63) is 98.9 Å². The van der Waals surface area contributed by atoms with Gasteiger partial charge in [-0.05, 0) is 72.6 Å². The van der Waals surface area contributed by atoms with Crippen molar-refractivity contribution in [2.45, 2.75) is 20.4 Å². The number of nitrogens with zero attached hydrogens (tertiary/aromatic N) is 1. The third-order valence-electron chi connectivity index (χ3n) is 5.34. The summed E-state index contributed by atoms with van der Waals surface area (Å²) in [6.07, 6.45) is 1.64. The number of rotatable bonds is 7. The topological polar surface area (TPSA) is 75.7 Å². The molecular formula is C27H23ClN2O4S. The summed E-state index contributed by atoms with van der Waals surface area (Å²) in [7, 11) is 0. The van der Waals surface area contributed by atoms with E-state index in [0.29, 0.717) is 26.8 Å². The Morgan fingerprint density at radius 1 is 1.06 bits per heavy atom. The molecule has 1 fully saturated rings. The maximum atomic E-state index is 12.8. The Kier molecular flexibility index (Phi) is 7.58. The van der Waals surface area contributed by atoms with E-state index in [1.165, 1.54) is 4.90 Å². The number of carbonyl (C=O) groups excluding carboxylic acids is 3. The average Bonchev–Trinajstić information content (AvgIpc) is 3.08. The highest BCUT2D eigenvalue weighted by atomic mass is 35.5. The summed E-state index contributed by atoms with van der Waals surface area (Å²) in [6.45, 7) is 3.88. The van der Waals surface area contributed by atoms with Crippen LogP contribution in [0.3, 0.4) is 0 Å². The van der Waals surface area contributed by atoms with E-state index in [9.17, 15) is 14.4 Å². The normalized spacial score (nSPS) is 14.5. The van der Waals surface area contributed by atoms with Crippen LogP contribution in [-0.4, -0.2) is 28.6 Å². The number of hydrogen-bond donors (Lipinski definition) is 1. The standard InChI is InChI=1S/C27H23ClN2O4S/c1-17-10-11-23(18(2)12-17)29-25(31)16-34-21-8-5-6-19(13-21)14-24-26(32)30(27(33)35-24)15-20-7-3-4-9-22(20)28/h3-14H,15-16H2,1-2H3,(H,29,31)/b24-14-. The molecule has 1 aliphatic rings. The number of anilines is 1. The van der Waals surface area contributed by atoms with Crippen LogP contribution in [0, 0.1) is 13.8 Å². The molecule has 0 aliphatic carbocycles. The average molecular weight is 507 g/mol. The van der Waals surface area contributed by atoms with Gasteiger partial charge >= 0.3 is 0 Å². The molecule has 4 rings (SSSR count). The molecule has 3 aromatic rings. The molecular weight excluding hydrogens is 484 g/mol. The number of nitrogens with one attached hydrogen (secondary N) is 1. The number of aryl methyl sites for hydroxylation is 2. The molecule has 0 radical (unpaired) electrons. The number of hydrogen-bond acceptors (Lipinski definition) is 5. The van der Waals surface area contributed by atoms with Gasteiger partial charge in [-0.3, -0.25) is 19.3 Å². The molecule has 1 saturated heterocycles. The zero-order chi connectivity index (χ0) is 24.9. The van der Waals surface area contributed by atoms with Crippen molar-refractivity contribution in [2.24, 2.45) is 0 Å². The molecule has 8 heteroatoms. The summed E-state index contributed by atoms with van der Waals surface area (Å²) in [6, 6.07) is 19.9. The van der Waals surface area contributed by atoms with Crippen LogP contribution in [0.4, 0.5) is 10.5 Å². The van der Waals surface area contributed by atoms with Gasteiger partial charge in [-0.15, -0.1) is 0 Å². The van der Waals surface area contributed by atoms with Gasteiger partial charge in [-0.1, -0.05) is 59.6 Å². The number of thioether (sulfide) groups is 1. The maximum Gasteiger partial charge on any atom is 0.293 e. The van der Waals surface area contributed by atoms with E-state index in [1.54, 1.807) is 48.5 Å². The Morgan fingerprint density at radius 3 is 2.63 bits per heavy atom. The Balaban J connectivity index is 1.40. The van der Waals surface area contributed by atoms with Gasteiger partial charge in [0.2, 0.25) is 0 Å². The van der Waals surface area contributed by atoms with E-state index in [1.807, 2.05) is 38.1 Å². The monoisotopic (exact) mass is 506 g/mol. The molecule has 0 unspecified atom stereocenters. The molecule has 178 valence electrons.